The molecule has 0 spiro atoms. The van der Waals surface area contributed by atoms with Gasteiger partial charge in [0.15, 0.2) is 11.5 Å². The number of hydrogen-bond acceptors (Lipinski definition) is 4. The van der Waals surface area contributed by atoms with Gasteiger partial charge in [-0.1, -0.05) is 31.5 Å². The normalized spacial score (nSPS) is 17.4. The number of unbranched alkanes of at least 4 members (excludes halogenated alkanes) is 1. The summed E-state index contributed by atoms with van der Waals surface area (Å²) >= 11 is 0. The summed E-state index contributed by atoms with van der Waals surface area (Å²) in [6.45, 7) is 2.73. The van der Waals surface area contributed by atoms with Crippen LogP contribution in [0, 0.1) is 0 Å². The Hall–Kier alpha value is -2.82. The number of carbonyl (C=O) groups is 1. The van der Waals surface area contributed by atoms with E-state index in [0.29, 0.717) is 29.4 Å². The van der Waals surface area contributed by atoms with Crippen LogP contribution in [0.3, 0.4) is 0 Å². The molecule has 26 heavy (non-hydrogen) atoms. The van der Waals surface area contributed by atoms with Crippen molar-refractivity contribution in [2.24, 2.45) is 4.99 Å². The van der Waals surface area contributed by atoms with Crippen LogP contribution in [-0.4, -0.2) is 31.9 Å². The molecule has 4 rings (SSSR count). The Kier molecular flexibility index (Phi) is 4.37. The van der Waals surface area contributed by atoms with Crippen LogP contribution in [-0.2, 0) is 6.42 Å². The monoisotopic (exact) mass is 350 g/mol. The lowest BCUT2D eigenvalue weighted by Gasteiger charge is -2.22. The Balaban J connectivity index is 1.74. The van der Waals surface area contributed by atoms with Gasteiger partial charge in [-0.05, 0) is 24.1 Å². The van der Waals surface area contributed by atoms with Gasteiger partial charge in [0.05, 0.1) is 31.0 Å². The smallest absolute Gasteiger partial charge is 0.261 e. The third kappa shape index (κ3) is 2.73. The van der Waals surface area contributed by atoms with E-state index in [2.05, 4.69) is 18.0 Å². The number of ether oxygens (including phenoxy) is 2. The highest BCUT2D eigenvalue weighted by atomic mass is 16.5. The summed E-state index contributed by atoms with van der Waals surface area (Å²) in [5.74, 6) is 1.15. The molecule has 5 nitrogen and oxygen atoms in total. The second kappa shape index (κ2) is 6.83. The van der Waals surface area contributed by atoms with Crippen molar-refractivity contribution in [2.75, 3.05) is 18.6 Å². The summed E-state index contributed by atoms with van der Waals surface area (Å²) in [6.07, 6.45) is 4.68. The number of carbonyl (C=O) groups excluding carboxylic acids is 1. The molecule has 0 saturated heterocycles. The summed E-state index contributed by atoms with van der Waals surface area (Å²) in [5, 5.41) is 0. The number of rotatable bonds is 5. The van der Waals surface area contributed by atoms with E-state index in [1.807, 2.05) is 35.4 Å². The first kappa shape index (κ1) is 16.6. The molecule has 1 amide bonds. The second-order valence-electron chi connectivity index (χ2n) is 6.58. The maximum atomic E-state index is 13.3. The van der Waals surface area contributed by atoms with E-state index in [1.165, 1.54) is 5.56 Å². The van der Waals surface area contributed by atoms with Crippen LogP contribution in [0.1, 0.15) is 35.7 Å². The number of amides is 1. The molecule has 2 aliphatic rings. The van der Waals surface area contributed by atoms with E-state index in [4.69, 9.17) is 9.47 Å². The first-order valence-electron chi connectivity index (χ1n) is 9.03. The summed E-state index contributed by atoms with van der Waals surface area (Å²) < 4.78 is 11.3. The molecule has 2 heterocycles. The quantitative estimate of drug-likeness (QED) is 0.761. The zero-order chi connectivity index (χ0) is 18.1. The third-order valence-electron chi connectivity index (χ3n) is 4.88. The molecule has 0 bridgehead atoms. The largest absolute Gasteiger partial charge is 0.493 e. The zero-order valence-electron chi connectivity index (χ0n) is 15.1. The van der Waals surface area contributed by atoms with E-state index in [0.717, 1.165) is 24.9 Å². The molecule has 2 aromatic carbocycles. The van der Waals surface area contributed by atoms with E-state index < -0.39 is 0 Å². The highest BCUT2D eigenvalue weighted by Crippen LogP contribution is 2.40. The molecule has 2 aliphatic heterocycles. The van der Waals surface area contributed by atoms with Crippen LogP contribution in [0.15, 0.2) is 41.4 Å². The number of anilines is 1. The summed E-state index contributed by atoms with van der Waals surface area (Å²) in [5.41, 5.74) is 3.31. The molecule has 0 radical (unpaired) electrons. The molecule has 0 N–H and O–H groups in total. The predicted molar refractivity (Wildman–Crippen MR) is 102 cm³/mol. The Morgan fingerprint density at radius 2 is 2.08 bits per heavy atom. The van der Waals surface area contributed by atoms with Gasteiger partial charge in [0.25, 0.3) is 5.91 Å². The molecular weight excluding hydrogens is 328 g/mol. The van der Waals surface area contributed by atoms with Crippen LogP contribution >= 0.6 is 0 Å². The average Bonchev–Trinajstić information content (AvgIpc) is 2.98. The fraction of sp³-hybridized carbons (Fsp3) is 0.333. The van der Waals surface area contributed by atoms with Crippen LogP contribution in [0.2, 0.25) is 0 Å². The van der Waals surface area contributed by atoms with E-state index in [-0.39, 0.29) is 11.9 Å². The number of aliphatic imine (C=N–C) groups is 1. The summed E-state index contributed by atoms with van der Waals surface area (Å²) in [7, 11) is 1.59. The summed E-state index contributed by atoms with van der Waals surface area (Å²) in [6, 6.07) is 11.5. The van der Waals surface area contributed by atoms with Crippen molar-refractivity contribution < 1.29 is 14.3 Å². The molecule has 2 aromatic rings. The SMILES string of the molecule is CCCCOc1cc2c(cc1OC)C(=O)N1c3ccccc3C[C@H]1C=N2. The fourth-order valence-corrected chi connectivity index (χ4v) is 3.52. The number of benzene rings is 2. The molecule has 0 aliphatic carbocycles. The topological polar surface area (TPSA) is 51.1 Å². The minimum atomic E-state index is -0.0530. The van der Waals surface area contributed by atoms with Crippen molar-refractivity contribution in [3.8, 4) is 11.5 Å². The van der Waals surface area contributed by atoms with E-state index >= 15 is 0 Å². The average molecular weight is 350 g/mol. The standard InChI is InChI=1S/C21H22N2O3/c1-3-4-9-26-20-12-17-16(11-19(20)25-2)21(24)23-15(13-22-17)10-14-7-5-6-8-18(14)23/h5-8,11-13,15H,3-4,9-10H2,1-2H3/t15-/m0/s1. The lowest BCUT2D eigenvalue weighted by Crippen LogP contribution is -2.37. The molecule has 0 aromatic heterocycles. The van der Waals surface area contributed by atoms with Gasteiger partial charge in [-0.25, -0.2) is 0 Å². The predicted octanol–water partition coefficient (Wildman–Crippen LogP) is 4.16. The van der Waals surface area contributed by atoms with Gasteiger partial charge in [-0.2, -0.15) is 0 Å². The van der Waals surface area contributed by atoms with Crippen molar-refractivity contribution >= 4 is 23.5 Å². The number of para-hydroxylation sites is 1. The Morgan fingerprint density at radius 1 is 1.23 bits per heavy atom. The van der Waals surface area contributed by atoms with E-state index in [1.54, 1.807) is 13.2 Å². The van der Waals surface area contributed by atoms with Gasteiger partial charge in [-0.3, -0.25) is 14.7 Å². The van der Waals surface area contributed by atoms with Crippen molar-refractivity contribution in [3.63, 3.8) is 0 Å². The summed E-state index contributed by atoms with van der Waals surface area (Å²) in [4.78, 5) is 19.7. The van der Waals surface area contributed by atoms with Gasteiger partial charge in [0.2, 0.25) is 0 Å². The molecule has 5 heteroatoms. The van der Waals surface area contributed by atoms with Gasteiger partial charge < -0.3 is 9.47 Å². The van der Waals surface area contributed by atoms with Crippen LogP contribution in [0.4, 0.5) is 11.4 Å². The van der Waals surface area contributed by atoms with Crippen molar-refractivity contribution in [3.05, 3.63) is 47.5 Å². The molecular formula is C21H22N2O3. The lowest BCUT2D eigenvalue weighted by atomic mass is 10.1. The van der Waals surface area contributed by atoms with Crippen molar-refractivity contribution in [1.29, 1.82) is 0 Å². The van der Waals surface area contributed by atoms with Crippen molar-refractivity contribution in [1.82, 2.24) is 0 Å². The lowest BCUT2D eigenvalue weighted by molar-refractivity contribution is 0.0986. The first-order valence-corrected chi connectivity index (χ1v) is 9.03. The number of fused-ring (bicyclic) bond motifs is 4. The second-order valence-corrected chi connectivity index (χ2v) is 6.58. The third-order valence-corrected chi connectivity index (χ3v) is 4.88. The molecule has 1 atom stereocenters. The van der Waals surface area contributed by atoms with Crippen LogP contribution in [0.25, 0.3) is 0 Å². The number of nitrogens with zero attached hydrogens (tertiary/aromatic N) is 2. The number of methoxy groups -OCH3 is 1. The molecule has 0 unspecified atom stereocenters. The Morgan fingerprint density at radius 3 is 2.88 bits per heavy atom. The Labute approximate surface area is 153 Å². The maximum Gasteiger partial charge on any atom is 0.261 e. The van der Waals surface area contributed by atoms with Gasteiger partial charge >= 0.3 is 0 Å². The minimum Gasteiger partial charge on any atom is -0.493 e. The highest BCUT2D eigenvalue weighted by Gasteiger charge is 2.36. The highest BCUT2D eigenvalue weighted by molar-refractivity contribution is 6.14. The van der Waals surface area contributed by atoms with Crippen molar-refractivity contribution in [2.45, 2.75) is 32.2 Å². The molecule has 134 valence electrons. The van der Waals surface area contributed by atoms with Gasteiger partial charge in [-0.15, -0.1) is 0 Å². The Bertz CT molecular complexity index is 876. The van der Waals surface area contributed by atoms with Gasteiger partial charge in [0, 0.05) is 24.4 Å². The number of hydrogen-bond donors (Lipinski definition) is 0. The zero-order valence-corrected chi connectivity index (χ0v) is 15.1. The van der Waals surface area contributed by atoms with Gasteiger partial charge in [0.1, 0.15) is 0 Å². The molecule has 0 fully saturated rings. The molecule has 0 saturated carbocycles. The first-order chi connectivity index (χ1) is 12.7. The van der Waals surface area contributed by atoms with Crippen LogP contribution < -0.4 is 14.4 Å². The minimum absolute atomic E-state index is 0.0501. The van der Waals surface area contributed by atoms with Crippen LogP contribution in [0.5, 0.6) is 11.5 Å². The maximum absolute atomic E-state index is 13.3. The van der Waals surface area contributed by atoms with E-state index in [9.17, 15) is 4.79 Å². The fourth-order valence-electron chi connectivity index (χ4n) is 3.52.